The molecule has 1 amide bonds. The van der Waals surface area contributed by atoms with E-state index in [2.05, 4.69) is 0 Å². The van der Waals surface area contributed by atoms with Crippen molar-refractivity contribution in [1.82, 2.24) is 0 Å². The molecule has 4 nitrogen and oxygen atoms in total. The number of hydrogen-bond donors (Lipinski definition) is 0. The van der Waals surface area contributed by atoms with Gasteiger partial charge < -0.3 is 9.64 Å². The first kappa shape index (κ1) is 16.7. The van der Waals surface area contributed by atoms with E-state index in [0.29, 0.717) is 17.9 Å². The van der Waals surface area contributed by atoms with Crippen LogP contribution in [-0.2, 0) is 4.79 Å². The predicted octanol–water partition coefficient (Wildman–Crippen LogP) is 3.98. The van der Waals surface area contributed by atoms with Gasteiger partial charge in [0.1, 0.15) is 5.75 Å². The van der Waals surface area contributed by atoms with Crippen LogP contribution < -0.4 is 9.64 Å². The third kappa shape index (κ3) is 4.42. The average Bonchev–Trinajstić information content (AvgIpc) is 2.52. The Morgan fingerprint density at radius 2 is 1.78 bits per heavy atom. The summed E-state index contributed by atoms with van der Waals surface area (Å²) < 4.78 is 4.99. The SMILES string of the molecule is CCCN(C(=O)c1ccc(OC(C)=O)cc1)c1cccc(C)c1. The van der Waals surface area contributed by atoms with Crippen LogP contribution in [0, 0.1) is 6.92 Å². The summed E-state index contributed by atoms with van der Waals surface area (Å²) in [6, 6.07) is 14.5. The minimum atomic E-state index is -0.378. The Hall–Kier alpha value is -2.62. The lowest BCUT2D eigenvalue weighted by Crippen LogP contribution is -2.31. The molecule has 0 aromatic heterocycles. The van der Waals surface area contributed by atoms with E-state index in [0.717, 1.165) is 17.7 Å². The number of carbonyl (C=O) groups is 2. The molecule has 0 aliphatic rings. The molecule has 0 atom stereocenters. The van der Waals surface area contributed by atoms with Crippen LogP contribution in [0.5, 0.6) is 5.75 Å². The quantitative estimate of drug-likeness (QED) is 0.620. The first-order valence-corrected chi connectivity index (χ1v) is 7.68. The Morgan fingerprint density at radius 1 is 1.09 bits per heavy atom. The van der Waals surface area contributed by atoms with E-state index < -0.39 is 0 Å². The van der Waals surface area contributed by atoms with Crippen molar-refractivity contribution in [2.45, 2.75) is 27.2 Å². The summed E-state index contributed by atoms with van der Waals surface area (Å²) in [7, 11) is 0. The van der Waals surface area contributed by atoms with E-state index in [1.165, 1.54) is 6.92 Å². The van der Waals surface area contributed by atoms with E-state index >= 15 is 0 Å². The van der Waals surface area contributed by atoms with Crippen LogP contribution in [0.15, 0.2) is 48.5 Å². The molecule has 120 valence electrons. The third-order valence-electron chi connectivity index (χ3n) is 3.37. The molecule has 0 heterocycles. The molecule has 0 spiro atoms. The van der Waals surface area contributed by atoms with Crippen LogP contribution in [0.25, 0.3) is 0 Å². The molecular weight excluding hydrogens is 290 g/mol. The lowest BCUT2D eigenvalue weighted by atomic mass is 10.1. The fourth-order valence-electron chi connectivity index (χ4n) is 2.35. The molecule has 0 saturated heterocycles. The molecule has 0 aliphatic heterocycles. The highest BCUT2D eigenvalue weighted by Crippen LogP contribution is 2.20. The zero-order chi connectivity index (χ0) is 16.8. The molecule has 2 aromatic rings. The normalized spacial score (nSPS) is 10.2. The van der Waals surface area contributed by atoms with Gasteiger partial charge in [0.2, 0.25) is 0 Å². The first-order chi connectivity index (χ1) is 11.0. The summed E-state index contributed by atoms with van der Waals surface area (Å²) in [5.41, 5.74) is 2.57. The number of anilines is 1. The van der Waals surface area contributed by atoms with E-state index in [-0.39, 0.29) is 11.9 Å². The van der Waals surface area contributed by atoms with E-state index in [1.54, 1.807) is 29.2 Å². The van der Waals surface area contributed by atoms with Crippen molar-refractivity contribution in [2.75, 3.05) is 11.4 Å². The zero-order valence-corrected chi connectivity index (χ0v) is 13.7. The Labute approximate surface area is 136 Å². The summed E-state index contributed by atoms with van der Waals surface area (Å²) in [4.78, 5) is 25.5. The number of hydrogen-bond acceptors (Lipinski definition) is 3. The van der Waals surface area contributed by atoms with Crippen molar-refractivity contribution in [3.05, 3.63) is 59.7 Å². The van der Waals surface area contributed by atoms with Crippen molar-refractivity contribution in [2.24, 2.45) is 0 Å². The van der Waals surface area contributed by atoms with Gasteiger partial charge in [0.15, 0.2) is 0 Å². The maximum atomic E-state index is 12.8. The van der Waals surface area contributed by atoms with Crippen LogP contribution in [0.3, 0.4) is 0 Å². The molecular formula is C19H21NO3. The van der Waals surface area contributed by atoms with Gasteiger partial charge >= 0.3 is 5.97 Å². The summed E-state index contributed by atoms with van der Waals surface area (Å²) in [6.07, 6.45) is 0.866. The van der Waals surface area contributed by atoms with Gasteiger partial charge in [-0.3, -0.25) is 9.59 Å². The van der Waals surface area contributed by atoms with Crippen LogP contribution in [0.1, 0.15) is 36.2 Å². The maximum absolute atomic E-state index is 12.8. The van der Waals surface area contributed by atoms with Gasteiger partial charge in [-0.1, -0.05) is 19.1 Å². The molecule has 0 bridgehead atoms. The molecule has 0 unspecified atom stereocenters. The van der Waals surface area contributed by atoms with Gasteiger partial charge in [-0.25, -0.2) is 0 Å². The fourth-order valence-corrected chi connectivity index (χ4v) is 2.35. The van der Waals surface area contributed by atoms with Gasteiger partial charge in [-0.05, 0) is 55.3 Å². The van der Waals surface area contributed by atoms with Gasteiger partial charge in [0.25, 0.3) is 5.91 Å². The highest BCUT2D eigenvalue weighted by molar-refractivity contribution is 6.06. The molecule has 23 heavy (non-hydrogen) atoms. The third-order valence-corrected chi connectivity index (χ3v) is 3.37. The van der Waals surface area contributed by atoms with E-state index in [9.17, 15) is 9.59 Å². The monoisotopic (exact) mass is 311 g/mol. The fraction of sp³-hybridized carbons (Fsp3) is 0.263. The lowest BCUT2D eigenvalue weighted by molar-refractivity contribution is -0.131. The number of benzene rings is 2. The molecule has 0 saturated carbocycles. The Kier molecular flexibility index (Phi) is 5.52. The first-order valence-electron chi connectivity index (χ1n) is 7.68. The number of ether oxygens (including phenoxy) is 1. The second-order valence-corrected chi connectivity index (χ2v) is 5.41. The number of aryl methyl sites for hydroxylation is 1. The number of esters is 1. The minimum absolute atomic E-state index is 0.0631. The Morgan fingerprint density at radius 3 is 2.35 bits per heavy atom. The van der Waals surface area contributed by atoms with Gasteiger partial charge in [-0.2, -0.15) is 0 Å². The van der Waals surface area contributed by atoms with Crippen LogP contribution in [0.2, 0.25) is 0 Å². The molecule has 4 heteroatoms. The highest BCUT2D eigenvalue weighted by Gasteiger charge is 2.17. The standard InChI is InChI=1S/C19H21NO3/c1-4-12-20(17-7-5-6-14(2)13-17)19(22)16-8-10-18(11-9-16)23-15(3)21/h5-11,13H,4,12H2,1-3H3. The molecule has 0 N–H and O–H groups in total. The van der Waals surface area contributed by atoms with Crippen LogP contribution in [-0.4, -0.2) is 18.4 Å². The van der Waals surface area contributed by atoms with Crippen molar-refractivity contribution in [3.8, 4) is 5.75 Å². The van der Waals surface area contributed by atoms with Gasteiger partial charge in [0, 0.05) is 24.7 Å². The van der Waals surface area contributed by atoms with Crippen LogP contribution in [0.4, 0.5) is 5.69 Å². The largest absolute Gasteiger partial charge is 0.427 e. The highest BCUT2D eigenvalue weighted by atomic mass is 16.5. The minimum Gasteiger partial charge on any atom is -0.427 e. The summed E-state index contributed by atoms with van der Waals surface area (Å²) in [6.45, 7) is 6.04. The second-order valence-electron chi connectivity index (χ2n) is 5.41. The molecule has 0 fully saturated rings. The van der Waals surface area contributed by atoms with Gasteiger partial charge in [-0.15, -0.1) is 0 Å². The Balaban J connectivity index is 2.25. The topological polar surface area (TPSA) is 46.6 Å². The summed E-state index contributed by atoms with van der Waals surface area (Å²) in [5.74, 6) is -0.00470. The van der Waals surface area contributed by atoms with E-state index in [4.69, 9.17) is 4.74 Å². The summed E-state index contributed by atoms with van der Waals surface area (Å²) in [5, 5.41) is 0. The lowest BCUT2D eigenvalue weighted by Gasteiger charge is -2.23. The Bertz CT molecular complexity index is 692. The predicted molar refractivity (Wildman–Crippen MR) is 90.9 cm³/mol. The van der Waals surface area contributed by atoms with Crippen molar-refractivity contribution < 1.29 is 14.3 Å². The van der Waals surface area contributed by atoms with Crippen molar-refractivity contribution in [3.63, 3.8) is 0 Å². The molecule has 0 radical (unpaired) electrons. The van der Waals surface area contributed by atoms with Crippen LogP contribution >= 0.6 is 0 Å². The van der Waals surface area contributed by atoms with Crippen molar-refractivity contribution in [1.29, 1.82) is 0 Å². The zero-order valence-electron chi connectivity index (χ0n) is 13.7. The second kappa shape index (κ2) is 7.58. The average molecular weight is 311 g/mol. The maximum Gasteiger partial charge on any atom is 0.308 e. The van der Waals surface area contributed by atoms with Gasteiger partial charge in [0.05, 0.1) is 0 Å². The number of nitrogens with zero attached hydrogens (tertiary/aromatic N) is 1. The summed E-state index contributed by atoms with van der Waals surface area (Å²) >= 11 is 0. The molecule has 2 rings (SSSR count). The smallest absolute Gasteiger partial charge is 0.308 e. The number of rotatable bonds is 5. The van der Waals surface area contributed by atoms with E-state index in [1.807, 2.05) is 38.1 Å². The number of carbonyl (C=O) groups excluding carboxylic acids is 2. The number of amides is 1. The van der Waals surface area contributed by atoms with Crippen molar-refractivity contribution >= 4 is 17.6 Å². The molecule has 0 aliphatic carbocycles. The molecule has 2 aromatic carbocycles.